The van der Waals surface area contributed by atoms with Crippen molar-refractivity contribution in [1.82, 2.24) is 19.8 Å². The molecule has 2 heterocycles. The molecule has 2 aromatic rings. The fourth-order valence-corrected chi connectivity index (χ4v) is 3.88. The second-order valence-corrected chi connectivity index (χ2v) is 6.72. The van der Waals surface area contributed by atoms with E-state index in [0.29, 0.717) is 6.04 Å². The maximum Gasteiger partial charge on any atom is 0.318 e. The van der Waals surface area contributed by atoms with E-state index in [1.54, 1.807) is 0 Å². The van der Waals surface area contributed by atoms with Crippen LogP contribution in [0.4, 0.5) is 4.79 Å². The molecule has 4 rings (SSSR count). The van der Waals surface area contributed by atoms with Crippen LogP contribution in [-0.2, 0) is 12.8 Å². The summed E-state index contributed by atoms with van der Waals surface area (Å²) in [6, 6.07) is 9.11. The van der Waals surface area contributed by atoms with Gasteiger partial charge >= 0.3 is 6.03 Å². The minimum atomic E-state index is -0.00328. The lowest BCUT2D eigenvalue weighted by Crippen LogP contribution is -2.45. The number of hydrogen-bond acceptors (Lipinski definition) is 2. The van der Waals surface area contributed by atoms with Crippen LogP contribution >= 0.6 is 0 Å². The lowest BCUT2D eigenvalue weighted by atomic mass is 10.1. The van der Waals surface area contributed by atoms with Crippen molar-refractivity contribution >= 4 is 6.03 Å². The number of benzene rings is 1. The number of hydrogen-bond donors (Lipinski definition) is 1. The van der Waals surface area contributed by atoms with E-state index in [0.717, 1.165) is 25.1 Å². The van der Waals surface area contributed by atoms with Gasteiger partial charge in [-0.1, -0.05) is 24.3 Å². The fraction of sp³-hybridized carbons (Fsp3) is 0.444. The zero-order valence-corrected chi connectivity index (χ0v) is 13.6. The van der Waals surface area contributed by atoms with Crippen LogP contribution in [0, 0.1) is 0 Å². The molecule has 1 aliphatic carbocycles. The van der Waals surface area contributed by atoms with E-state index in [1.165, 1.54) is 11.1 Å². The molecule has 0 saturated carbocycles. The molecule has 0 saturated heterocycles. The van der Waals surface area contributed by atoms with Crippen LogP contribution < -0.4 is 5.32 Å². The molecule has 1 aliphatic heterocycles. The van der Waals surface area contributed by atoms with Gasteiger partial charge in [0.1, 0.15) is 5.82 Å². The van der Waals surface area contributed by atoms with Gasteiger partial charge in [0.25, 0.3) is 0 Å². The lowest BCUT2D eigenvalue weighted by molar-refractivity contribution is 0.187. The quantitative estimate of drug-likeness (QED) is 0.927. The van der Waals surface area contributed by atoms with Crippen LogP contribution in [-0.4, -0.2) is 33.6 Å². The molecule has 5 heteroatoms. The highest BCUT2D eigenvalue weighted by Gasteiger charge is 2.33. The first-order chi connectivity index (χ1) is 11.1. The van der Waals surface area contributed by atoms with E-state index in [-0.39, 0.29) is 18.1 Å². The van der Waals surface area contributed by atoms with Gasteiger partial charge in [-0.15, -0.1) is 0 Å². The Kier molecular flexibility index (Phi) is 3.36. The Labute approximate surface area is 136 Å². The molecule has 2 aliphatic rings. The van der Waals surface area contributed by atoms with Gasteiger partial charge in [-0.3, -0.25) is 0 Å². The molecule has 0 radical (unpaired) electrons. The summed E-state index contributed by atoms with van der Waals surface area (Å²) in [5.74, 6) is 0.967. The van der Waals surface area contributed by atoms with E-state index in [1.807, 2.05) is 24.3 Å². The lowest BCUT2D eigenvalue weighted by Gasteiger charge is -2.26. The molecule has 120 valence electrons. The summed E-state index contributed by atoms with van der Waals surface area (Å²) in [6.07, 6.45) is 6.59. The number of urea groups is 1. The molecule has 5 nitrogen and oxygen atoms in total. The molecule has 23 heavy (non-hydrogen) atoms. The molecule has 0 bridgehead atoms. The molecule has 1 N–H and O–H groups in total. The summed E-state index contributed by atoms with van der Waals surface area (Å²) in [7, 11) is 1.90. The Balaban J connectivity index is 1.43. The summed E-state index contributed by atoms with van der Waals surface area (Å²) in [4.78, 5) is 18.9. The fourth-order valence-electron chi connectivity index (χ4n) is 3.88. The van der Waals surface area contributed by atoms with Crippen LogP contribution in [0.5, 0.6) is 0 Å². The largest absolute Gasteiger partial charge is 0.330 e. The van der Waals surface area contributed by atoms with E-state index in [2.05, 4.69) is 46.1 Å². The molecule has 0 spiro atoms. The number of fused-ring (bicyclic) bond motifs is 2. The third-order valence-corrected chi connectivity index (χ3v) is 5.26. The smallest absolute Gasteiger partial charge is 0.318 e. The Bertz CT molecular complexity index is 713. The Morgan fingerprint density at radius 1 is 1.30 bits per heavy atom. The monoisotopic (exact) mass is 310 g/mol. The van der Waals surface area contributed by atoms with Crippen LogP contribution in [0.3, 0.4) is 0 Å². The summed E-state index contributed by atoms with van der Waals surface area (Å²) >= 11 is 0. The Hall–Kier alpha value is -2.30. The predicted octanol–water partition coefficient (Wildman–Crippen LogP) is 2.70. The Morgan fingerprint density at radius 2 is 2.00 bits per heavy atom. The van der Waals surface area contributed by atoms with Crippen molar-refractivity contribution in [3.05, 3.63) is 53.6 Å². The molecule has 2 atom stereocenters. The minimum absolute atomic E-state index is 0.00328. The highest BCUT2D eigenvalue weighted by atomic mass is 16.2. The van der Waals surface area contributed by atoms with Crippen molar-refractivity contribution in [2.45, 2.75) is 44.3 Å². The molecular formula is C18H22N4O. The molecule has 2 unspecified atom stereocenters. The number of amides is 2. The van der Waals surface area contributed by atoms with Crippen molar-refractivity contribution in [2.24, 2.45) is 0 Å². The topological polar surface area (TPSA) is 50.2 Å². The average molecular weight is 310 g/mol. The molecule has 1 aromatic carbocycles. The molecule has 1 aromatic heterocycles. The molecular weight excluding hydrogens is 288 g/mol. The third kappa shape index (κ3) is 2.40. The SMILES string of the molecule is CC1CC(NC(=O)N(C)C2Cc3ccccc3C2)c2nccn21. The third-order valence-electron chi connectivity index (χ3n) is 5.26. The second-order valence-electron chi connectivity index (χ2n) is 6.72. The normalized spacial score (nSPS) is 22.7. The molecule has 0 fully saturated rings. The van der Waals surface area contributed by atoms with Gasteiger partial charge in [-0.25, -0.2) is 9.78 Å². The van der Waals surface area contributed by atoms with Crippen LogP contribution in [0.25, 0.3) is 0 Å². The number of nitrogens with one attached hydrogen (secondary N) is 1. The number of carbonyl (C=O) groups excluding carboxylic acids is 1. The van der Waals surface area contributed by atoms with Gasteiger partial charge in [-0.05, 0) is 37.3 Å². The zero-order chi connectivity index (χ0) is 16.0. The van der Waals surface area contributed by atoms with E-state index in [9.17, 15) is 4.79 Å². The van der Waals surface area contributed by atoms with Gasteiger partial charge in [0.05, 0.1) is 6.04 Å². The average Bonchev–Trinajstić information content (AvgIpc) is 3.24. The zero-order valence-electron chi connectivity index (χ0n) is 13.6. The van der Waals surface area contributed by atoms with Crippen LogP contribution in [0.15, 0.2) is 36.7 Å². The number of nitrogens with zero attached hydrogens (tertiary/aromatic N) is 3. The summed E-state index contributed by atoms with van der Waals surface area (Å²) < 4.78 is 2.15. The van der Waals surface area contributed by atoms with Crippen LogP contribution in [0.2, 0.25) is 0 Å². The van der Waals surface area contributed by atoms with E-state index < -0.39 is 0 Å². The number of imidazole rings is 1. The maximum absolute atomic E-state index is 12.7. The highest BCUT2D eigenvalue weighted by Crippen LogP contribution is 2.33. The van der Waals surface area contributed by atoms with Gasteiger partial charge in [0.15, 0.2) is 0 Å². The van der Waals surface area contributed by atoms with E-state index in [4.69, 9.17) is 0 Å². The van der Waals surface area contributed by atoms with Crippen molar-refractivity contribution in [3.63, 3.8) is 0 Å². The standard InChI is InChI=1S/C18H22N4O/c1-12-9-16(17-19-7-8-22(12)17)20-18(23)21(2)15-10-13-5-3-4-6-14(13)11-15/h3-8,12,15-16H,9-11H2,1-2H3,(H,20,23). The highest BCUT2D eigenvalue weighted by molar-refractivity contribution is 5.75. The van der Waals surface area contributed by atoms with Gasteiger partial charge in [-0.2, -0.15) is 0 Å². The minimum Gasteiger partial charge on any atom is -0.330 e. The van der Waals surface area contributed by atoms with Gasteiger partial charge in [0, 0.05) is 31.5 Å². The van der Waals surface area contributed by atoms with Crippen molar-refractivity contribution in [1.29, 1.82) is 0 Å². The number of aromatic nitrogens is 2. The van der Waals surface area contributed by atoms with Crippen LogP contribution in [0.1, 0.15) is 42.4 Å². The second kappa shape index (κ2) is 5.41. The number of rotatable bonds is 2. The summed E-state index contributed by atoms with van der Waals surface area (Å²) in [5, 5.41) is 3.16. The summed E-state index contributed by atoms with van der Waals surface area (Å²) in [6.45, 7) is 2.16. The number of carbonyl (C=O) groups is 1. The van der Waals surface area contributed by atoms with Crippen molar-refractivity contribution in [3.8, 4) is 0 Å². The van der Waals surface area contributed by atoms with Crippen molar-refractivity contribution in [2.75, 3.05) is 7.05 Å². The molecule has 2 amide bonds. The van der Waals surface area contributed by atoms with E-state index >= 15 is 0 Å². The van der Waals surface area contributed by atoms with Crippen molar-refractivity contribution < 1.29 is 4.79 Å². The number of likely N-dealkylation sites (N-methyl/N-ethyl adjacent to an activating group) is 1. The van der Waals surface area contributed by atoms with Gasteiger partial charge < -0.3 is 14.8 Å². The first kappa shape index (κ1) is 14.3. The first-order valence-corrected chi connectivity index (χ1v) is 8.26. The Morgan fingerprint density at radius 3 is 2.70 bits per heavy atom. The first-order valence-electron chi connectivity index (χ1n) is 8.26. The summed E-state index contributed by atoms with van der Waals surface area (Å²) in [5.41, 5.74) is 2.73. The maximum atomic E-state index is 12.7. The predicted molar refractivity (Wildman–Crippen MR) is 88.2 cm³/mol. The van der Waals surface area contributed by atoms with Gasteiger partial charge in [0.2, 0.25) is 0 Å².